The van der Waals surface area contributed by atoms with Crippen LogP contribution >= 0.6 is 0 Å². The van der Waals surface area contributed by atoms with Gasteiger partial charge in [0.25, 0.3) is 0 Å². The van der Waals surface area contributed by atoms with Gasteiger partial charge in [0.1, 0.15) is 11.5 Å². The van der Waals surface area contributed by atoms with Gasteiger partial charge >= 0.3 is 6.03 Å². The number of hydrogen-bond donors (Lipinski definition) is 3. The van der Waals surface area contributed by atoms with E-state index < -0.39 is 6.03 Å². The lowest BCUT2D eigenvalue weighted by atomic mass is 10.2. The van der Waals surface area contributed by atoms with Crippen LogP contribution in [0.1, 0.15) is 17.1 Å². The molecule has 1 aromatic heterocycles. The van der Waals surface area contributed by atoms with Crippen LogP contribution in [-0.2, 0) is 11.3 Å². The summed E-state index contributed by atoms with van der Waals surface area (Å²) in [5, 5.41) is 5.22. The second-order valence-corrected chi connectivity index (χ2v) is 4.69. The molecule has 0 aliphatic carbocycles. The highest BCUT2D eigenvalue weighted by molar-refractivity contribution is 5.91. The Hall–Kier alpha value is -3.02. The highest BCUT2D eigenvalue weighted by Gasteiger charge is 2.00. The highest BCUT2D eigenvalue weighted by Crippen LogP contribution is 2.09. The number of nitrogens with two attached hydrogens (primary N) is 1. The average Bonchev–Trinajstić information content (AvgIpc) is 2.89. The van der Waals surface area contributed by atoms with Crippen molar-refractivity contribution in [1.82, 2.24) is 5.32 Å². The summed E-state index contributed by atoms with van der Waals surface area (Å²) in [7, 11) is 0. The topological polar surface area (TPSA) is 97.4 Å². The molecule has 0 aliphatic rings. The molecular formula is C16H17N3O3. The number of hydrogen-bond acceptors (Lipinski definition) is 3. The van der Waals surface area contributed by atoms with Crippen LogP contribution in [0.4, 0.5) is 10.5 Å². The Kier molecular flexibility index (Phi) is 4.98. The molecule has 0 unspecified atom stereocenters. The number of furan rings is 1. The zero-order chi connectivity index (χ0) is 15.9. The molecule has 1 heterocycles. The molecule has 0 aliphatic heterocycles. The van der Waals surface area contributed by atoms with Gasteiger partial charge in [0.2, 0.25) is 5.91 Å². The van der Waals surface area contributed by atoms with Gasteiger partial charge in [-0.15, -0.1) is 0 Å². The lowest BCUT2D eigenvalue weighted by Gasteiger charge is -2.05. The number of primary amides is 1. The van der Waals surface area contributed by atoms with E-state index in [1.807, 2.05) is 13.0 Å². The summed E-state index contributed by atoms with van der Waals surface area (Å²) >= 11 is 0. The fraction of sp³-hybridized carbons (Fsp3) is 0.125. The molecule has 4 N–H and O–H groups in total. The minimum absolute atomic E-state index is 0.214. The van der Waals surface area contributed by atoms with Gasteiger partial charge in [-0.05, 0) is 42.8 Å². The van der Waals surface area contributed by atoms with Crippen molar-refractivity contribution in [2.75, 3.05) is 5.32 Å². The number of benzene rings is 1. The standard InChI is InChI=1S/C16H17N3O3/c1-11-2-7-14(22-11)8-9-15(20)18-10-12-3-5-13(6-4-12)19-16(17)21/h2-9H,10H2,1H3,(H,18,20)(H3,17,19,21)/b9-8+. The zero-order valence-corrected chi connectivity index (χ0v) is 12.1. The maximum Gasteiger partial charge on any atom is 0.316 e. The molecule has 0 bridgehead atoms. The molecule has 0 saturated carbocycles. The number of carbonyl (C=O) groups excluding carboxylic acids is 2. The quantitative estimate of drug-likeness (QED) is 0.739. The minimum atomic E-state index is -0.612. The largest absolute Gasteiger partial charge is 0.462 e. The summed E-state index contributed by atoms with van der Waals surface area (Å²) in [5.41, 5.74) is 6.54. The predicted octanol–water partition coefficient (Wildman–Crippen LogP) is 2.41. The molecule has 0 fully saturated rings. The molecule has 0 atom stereocenters. The Morgan fingerprint density at radius 2 is 1.91 bits per heavy atom. The lowest BCUT2D eigenvalue weighted by Crippen LogP contribution is -2.20. The van der Waals surface area contributed by atoms with E-state index in [1.165, 1.54) is 6.08 Å². The van der Waals surface area contributed by atoms with Gasteiger partial charge in [-0.25, -0.2) is 4.79 Å². The first kappa shape index (κ1) is 15.4. The van der Waals surface area contributed by atoms with E-state index in [2.05, 4.69) is 10.6 Å². The number of carbonyl (C=O) groups is 2. The van der Waals surface area contributed by atoms with E-state index in [0.29, 0.717) is 18.0 Å². The molecule has 22 heavy (non-hydrogen) atoms. The van der Waals surface area contributed by atoms with Crippen LogP contribution in [0.3, 0.4) is 0 Å². The third-order valence-electron chi connectivity index (χ3n) is 2.85. The minimum Gasteiger partial charge on any atom is -0.462 e. The number of aryl methyl sites for hydroxylation is 1. The Bertz CT molecular complexity index is 687. The Labute approximate surface area is 128 Å². The number of anilines is 1. The van der Waals surface area contributed by atoms with Gasteiger partial charge < -0.3 is 20.8 Å². The molecule has 0 saturated heterocycles. The monoisotopic (exact) mass is 299 g/mol. The van der Waals surface area contributed by atoms with E-state index in [9.17, 15) is 9.59 Å². The van der Waals surface area contributed by atoms with Crippen LogP contribution in [0.25, 0.3) is 6.08 Å². The second kappa shape index (κ2) is 7.12. The van der Waals surface area contributed by atoms with Gasteiger partial charge in [0.05, 0.1) is 0 Å². The summed E-state index contributed by atoms with van der Waals surface area (Å²) in [6.07, 6.45) is 3.03. The molecule has 6 nitrogen and oxygen atoms in total. The summed E-state index contributed by atoms with van der Waals surface area (Å²) < 4.78 is 5.33. The van der Waals surface area contributed by atoms with Crippen molar-refractivity contribution >= 4 is 23.7 Å². The molecule has 114 valence electrons. The highest BCUT2D eigenvalue weighted by atomic mass is 16.3. The maximum atomic E-state index is 11.7. The zero-order valence-electron chi connectivity index (χ0n) is 12.1. The van der Waals surface area contributed by atoms with Crippen LogP contribution in [-0.4, -0.2) is 11.9 Å². The maximum absolute atomic E-state index is 11.7. The summed E-state index contributed by atoms with van der Waals surface area (Å²) in [4.78, 5) is 22.4. The van der Waals surface area contributed by atoms with E-state index in [1.54, 1.807) is 36.4 Å². The Balaban J connectivity index is 1.83. The van der Waals surface area contributed by atoms with Crippen LogP contribution in [0.5, 0.6) is 0 Å². The van der Waals surface area contributed by atoms with E-state index >= 15 is 0 Å². The van der Waals surface area contributed by atoms with Gasteiger partial charge in [-0.3, -0.25) is 4.79 Å². The van der Waals surface area contributed by atoms with Crippen LogP contribution < -0.4 is 16.4 Å². The van der Waals surface area contributed by atoms with Crippen molar-refractivity contribution in [1.29, 1.82) is 0 Å². The van der Waals surface area contributed by atoms with Crippen molar-refractivity contribution < 1.29 is 14.0 Å². The Morgan fingerprint density at radius 3 is 2.50 bits per heavy atom. The fourth-order valence-electron chi connectivity index (χ4n) is 1.80. The molecule has 0 spiro atoms. The number of amides is 3. The first-order valence-electron chi connectivity index (χ1n) is 6.71. The first-order valence-corrected chi connectivity index (χ1v) is 6.71. The summed E-state index contributed by atoms with van der Waals surface area (Å²) in [6, 6.07) is 10.0. The summed E-state index contributed by atoms with van der Waals surface area (Å²) in [5.74, 6) is 1.22. The van der Waals surface area contributed by atoms with Gasteiger partial charge in [0.15, 0.2) is 0 Å². The summed E-state index contributed by atoms with van der Waals surface area (Å²) in [6.45, 7) is 2.23. The van der Waals surface area contributed by atoms with Crippen molar-refractivity contribution in [3.8, 4) is 0 Å². The first-order chi connectivity index (χ1) is 10.5. The molecule has 2 rings (SSSR count). The van der Waals surface area contributed by atoms with Gasteiger partial charge in [0, 0.05) is 18.3 Å². The lowest BCUT2D eigenvalue weighted by molar-refractivity contribution is -0.116. The third-order valence-corrected chi connectivity index (χ3v) is 2.85. The van der Waals surface area contributed by atoms with E-state index in [0.717, 1.165) is 11.3 Å². The van der Waals surface area contributed by atoms with Crippen LogP contribution in [0.2, 0.25) is 0 Å². The van der Waals surface area contributed by atoms with E-state index in [-0.39, 0.29) is 5.91 Å². The van der Waals surface area contributed by atoms with Crippen LogP contribution in [0.15, 0.2) is 46.9 Å². The molecular weight excluding hydrogens is 282 g/mol. The van der Waals surface area contributed by atoms with E-state index in [4.69, 9.17) is 10.2 Å². The normalized spacial score (nSPS) is 10.6. The smallest absolute Gasteiger partial charge is 0.316 e. The van der Waals surface area contributed by atoms with Gasteiger partial charge in [-0.1, -0.05) is 12.1 Å². The Morgan fingerprint density at radius 1 is 1.18 bits per heavy atom. The average molecular weight is 299 g/mol. The second-order valence-electron chi connectivity index (χ2n) is 4.69. The van der Waals surface area contributed by atoms with Crippen molar-refractivity contribution in [2.45, 2.75) is 13.5 Å². The molecule has 1 aromatic carbocycles. The van der Waals surface area contributed by atoms with Crippen molar-refractivity contribution in [3.05, 3.63) is 59.6 Å². The van der Waals surface area contributed by atoms with Crippen LogP contribution in [0, 0.1) is 6.92 Å². The number of rotatable bonds is 5. The van der Waals surface area contributed by atoms with Gasteiger partial charge in [-0.2, -0.15) is 0 Å². The fourth-order valence-corrected chi connectivity index (χ4v) is 1.80. The predicted molar refractivity (Wildman–Crippen MR) is 84.0 cm³/mol. The molecule has 2 aromatic rings. The number of nitrogens with one attached hydrogen (secondary N) is 2. The van der Waals surface area contributed by atoms with Crippen molar-refractivity contribution in [3.63, 3.8) is 0 Å². The number of urea groups is 1. The molecule has 0 radical (unpaired) electrons. The SMILES string of the molecule is Cc1ccc(/C=C/C(=O)NCc2ccc(NC(N)=O)cc2)o1. The third kappa shape index (κ3) is 4.82. The molecule has 3 amide bonds. The molecule has 6 heteroatoms. The van der Waals surface area contributed by atoms with Crippen molar-refractivity contribution in [2.24, 2.45) is 5.73 Å².